The monoisotopic (exact) mass is 479 g/mol. The minimum atomic E-state index is -0.0185. The maximum atomic E-state index is 12.5. The Hall–Kier alpha value is -2.29. The van der Waals surface area contributed by atoms with Crippen molar-refractivity contribution in [1.29, 1.82) is 0 Å². The first-order valence-corrected chi connectivity index (χ1v) is 14.3. The van der Waals surface area contributed by atoms with E-state index in [2.05, 4.69) is 30.6 Å². The molecule has 0 radical (unpaired) electrons. The van der Waals surface area contributed by atoms with E-state index in [-0.39, 0.29) is 5.43 Å². The summed E-state index contributed by atoms with van der Waals surface area (Å²) in [6.45, 7) is 5.76. The highest BCUT2D eigenvalue weighted by molar-refractivity contribution is 5.29. The predicted octanol–water partition coefficient (Wildman–Crippen LogP) is 9.03. The van der Waals surface area contributed by atoms with Gasteiger partial charge in [-0.25, -0.2) is 0 Å². The van der Waals surface area contributed by atoms with E-state index in [4.69, 9.17) is 4.74 Å². The molecule has 3 heteroatoms. The third kappa shape index (κ3) is 12.3. The normalized spacial score (nSPS) is 11.4. The topological polar surface area (TPSA) is 31.2 Å². The zero-order valence-corrected chi connectivity index (χ0v) is 22.5. The molecular weight excluding hydrogens is 430 g/mol. The van der Waals surface area contributed by atoms with Crippen LogP contribution in [0.15, 0.2) is 59.5 Å². The first-order chi connectivity index (χ1) is 17.3. The molecule has 2 rings (SSSR count). The molecule has 0 N–H and O–H groups in total. The molecule has 0 fully saturated rings. The first-order valence-electron chi connectivity index (χ1n) is 14.3. The molecule has 194 valence electrons. The van der Waals surface area contributed by atoms with E-state index >= 15 is 0 Å². The molecular formula is C32H49NO2. The molecule has 2 aromatic rings. The molecule has 0 aliphatic heterocycles. The summed E-state index contributed by atoms with van der Waals surface area (Å²) in [4.78, 5) is 12.5. The van der Waals surface area contributed by atoms with Crippen molar-refractivity contribution in [3.8, 4) is 5.75 Å². The van der Waals surface area contributed by atoms with Gasteiger partial charge in [0.2, 0.25) is 5.43 Å². The summed E-state index contributed by atoms with van der Waals surface area (Å²) in [5.74, 6) is 0.517. The summed E-state index contributed by atoms with van der Waals surface area (Å²) < 4.78 is 8.20. The molecule has 0 bridgehead atoms. The fourth-order valence-electron chi connectivity index (χ4n) is 4.58. The van der Waals surface area contributed by atoms with E-state index < -0.39 is 0 Å². The van der Waals surface area contributed by atoms with Crippen molar-refractivity contribution in [2.75, 3.05) is 0 Å². The van der Waals surface area contributed by atoms with Gasteiger partial charge >= 0.3 is 0 Å². The highest BCUT2D eigenvalue weighted by Gasteiger charge is 2.11. The Kier molecular flexibility index (Phi) is 15.7. The molecule has 1 aromatic carbocycles. The Morgan fingerprint density at radius 1 is 0.743 bits per heavy atom. The second-order valence-corrected chi connectivity index (χ2v) is 9.71. The Bertz CT molecular complexity index is 869. The third-order valence-corrected chi connectivity index (χ3v) is 6.71. The number of benzene rings is 1. The average Bonchev–Trinajstić information content (AvgIpc) is 2.88. The van der Waals surface area contributed by atoms with Crippen LogP contribution in [-0.4, -0.2) is 4.57 Å². The minimum Gasteiger partial charge on any atom is -0.483 e. The first kappa shape index (κ1) is 28.9. The number of aryl methyl sites for hydroxylation is 1. The molecule has 1 aromatic heterocycles. The fourth-order valence-corrected chi connectivity index (χ4v) is 4.58. The SMILES string of the molecule is CCCCCCCC/C=C\CCCCCCCCn1ccc(=O)c(OCc2ccccc2)c1CC. The van der Waals surface area contributed by atoms with Crippen LogP contribution in [-0.2, 0) is 19.6 Å². The van der Waals surface area contributed by atoms with Crippen molar-refractivity contribution in [2.24, 2.45) is 0 Å². The Labute approximate surface area is 214 Å². The van der Waals surface area contributed by atoms with Crippen LogP contribution in [0.1, 0.15) is 115 Å². The predicted molar refractivity (Wildman–Crippen MR) is 150 cm³/mol. The van der Waals surface area contributed by atoms with Crippen molar-refractivity contribution in [3.63, 3.8) is 0 Å². The lowest BCUT2D eigenvalue weighted by atomic mass is 10.1. The number of allylic oxidation sites excluding steroid dienone is 2. The van der Waals surface area contributed by atoms with E-state index in [1.807, 2.05) is 36.5 Å². The highest BCUT2D eigenvalue weighted by atomic mass is 16.5. The molecule has 0 aliphatic rings. The van der Waals surface area contributed by atoms with E-state index in [1.165, 1.54) is 83.5 Å². The molecule has 0 amide bonds. The molecule has 0 saturated heterocycles. The van der Waals surface area contributed by atoms with Gasteiger partial charge in [-0.1, -0.05) is 114 Å². The van der Waals surface area contributed by atoms with Gasteiger partial charge in [-0.05, 0) is 44.1 Å². The van der Waals surface area contributed by atoms with E-state index in [0.717, 1.165) is 30.6 Å². The summed E-state index contributed by atoms with van der Waals surface area (Å²) >= 11 is 0. The molecule has 0 atom stereocenters. The summed E-state index contributed by atoms with van der Waals surface area (Å²) in [5.41, 5.74) is 2.08. The number of unbranched alkanes of at least 4 members (excludes halogenated alkanes) is 12. The van der Waals surface area contributed by atoms with Gasteiger partial charge < -0.3 is 9.30 Å². The van der Waals surface area contributed by atoms with Crippen molar-refractivity contribution in [3.05, 3.63) is 76.2 Å². The minimum absolute atomic E-state index is 0.0185. The Balaban J connectivity index is 1.58. The number of pyridine rings is 1. The number of aromatic nitrogens is 1. The summed E-state index contributed by atoms with van der Waals surface area (Å²) in [5, 5.41) is 0. The maximum Gasteiger partial charge on any atom is 0.223 e. The van der Waals surface area contributed by atoms with Gasteiger partial charge in [-0.15, -0.1) is 0 Å². The molecule has 0 aliphatic carbocycles. The average molecular weight is 480 g/mol. The number of nitrogens with zero attached hydrogens (tertiary/aromatic N) is 1. The molecule has 0 unspecified atom stereocenters. The summed E-state index contributed by atoms with van der Waals surface area (Å²) in [7, 11) is 0. The number of hydrogen-bond donors (Lipinski definition) is 0. The van der Waals surface area contributed by atoms with Gasteiger partial charge in [-0.3, -0.25) is 4.79 Å². The molecule has 35 heavy (non-hydrogen) atoms. The van der Waals surface area contributed by atoms with Crippen molar-refractivity contribution >= 4 is 0 Å². The second-order valence-electron chi connectivity index (χ2n) is 9.71. The number of hydrogen-bond acceptors (Lipinski definition) is 2. The van der Waals surface area contributed by atoms with Gasteiger partial charge in [0.25, 0.3) is 0 Å². The summed E-state index contributed by atoms with van der Waals surface area (Å²) in [6, 6.07) is 11.7. The van der Waals surface area contributed by atoms with Crippen LogP contribution in [0.4, 0.5) is 0 Å². The van der Waals surface area contributed by atoms with Gasteiger partial charge in [-0.2, -0.15) is 0 Å². The van der Waals surface area contributed by atoms with Crippen LogP contribution in [0, 0.1) is 0 Å². The van der Waals surface area contributed by atoms with Gasteiger partial charge in [0.15, 0.2) is 5.75 Å². The Morgan fingerprint density at radius 3 is 1.97 bits per heavy atom. The zero-order valence-electron chi connectivity index (χ0n) is 22.5. The van der Waals surface area contributed by atoms with E-state index in [0.29, 0.717) is 12.4 Å². The maximum absolute atomic E-state index is 12.5. The zero-order chi connectivity index (χ0) is 25.0. The lowest BCUT2D eigenvalue weighted by Crippen LogP contribution is -2.16. The van der Waals surface area contributed by atoms with Crippen molar-refractivity contribution in [2.45, 2.75) is 123 Å². The molecule has 3 nitrogen and oxygen atoms in total. The third-order valence-electron chi connectivity index (χ3n) is 6.71. The van der Waals surface area contributed by atoms with Crippen LogP contribution >= 0.6 is 0 Å². The lowest BCUT2D eigenvalue weighted by Gasteiger charge is -2.16. The van der Waals surface area contributed by atoms with Gasteiger partial charge in [0.1, 0.15) is 6.61 Å². The quantitative estimate of drug-likeness (QED) is 0.140. The second kappa shape index (κ2) is 19.0. The van der Waals surface area contributed by atoms with E-state index in [9.17, 15) is 4.79 Å². The molecule has 1 heterocycles. The van der Waals surface area contributed by atoms with Crippen LogP contribution in [0.3, 0.4) is 0 Å². The fraction of sp³-hybridized carbons (Fsp3) is 0.594. The van der Waals surface area contributed by atoms with E-state index in [1.54, 1.807) is 6.07 Å². The number of rotatable bonds is 20. The molecule has 0 saturated carbocycles. The Morgan fingerprint density at radius 2 is 1.34 bits per heavy atom. The standard InChI is InChI=1S/C32H49NO2/c1-3-5-6-7-8-9-10-11-12-13-14-15-16-17-18-22-26-33-27-25-31(34)32(30(33)4-2)35-28-29-23-20-19-21-24-29/h11-12,19-21,23-25,27H,3-10,13-18,22,26,28H2,1-2H3/b12-11-. The smallest absolute Gasteiger partial charge is 0.223 e. The van der Waals surface area contributed by atoms with Crippen LogP contribution in [0.5, 0.6) is 5.75 Å². The van der Waals surface area contributed by atoms with Gasteiger partial charge in [0, 0.05) is 18.8 Å². The summed E-state index contributed by atoms with van der Waals surface area (Å²) in [6.07, 6.45) is 26.0. The van der Waals surface area contributed by atoms with Crippen LogP contribution in [0.2, 0.25) is 0 Å². The molecule has 0 spiro atoms. The van der Waals surface area contributed by atoms with Gasteiger partial charge in [0.05, 0.1) is 5.69 Å². The highest BCUT2D eigenvalue weighted by Crippen LogP contribution is 2.18. The van der Waals surface area contributed by atoms with Crippen molar-refractivity contribution in [1.82, 2.24) is 4.57 Å². The largest absolute Gasteiger partial charge is 0.483 e. The van der Waals surface area contributed by atoms with Crippen molar-refractivity contribution < 1.29 is 4.74 Å². The van der Waals surface area contributed by atoms with Crippen LogP contribution in [0.25, 0.3) is 0 Å². The lowest BCUT2D eigenvalue weighted by molar-refractivity contribution is 0.295. The number of ether oxygens (including phenoxy) is 1. The van der Waals surface area contributed by atoms with Crippen LogP contribution < -0.4 is 10.2 Å².